The molecule has 1 atom stereocenters. The molecule has 0 aliphatic heterocycles. The molecule has 0 saturated carbocycles. The number of hydrogen-bond donors (Lipinski definition) is 1. The normalized spacial score (nSPS) is 12.1. The lowest BCUT2D eigenvalue weighted by Gasteiger charge is -2.35. The molecule has 10 heteroatoms. The largest absolute Gasteiger partial charge is 0.497 e. The molecule has 10 nitrogen and oxygen atoms in total. The molecule has 0 fully saturated rings. The van der Waals surface area contributed by atoms with Gasteiger partial charge in [0.2, 0.25) is 11.8 Å². The highest BCUT2D eigenvalue weighted by Gasteiger charge is 2.37. The van der Waals surface area contributed by atoms with Crippen molar-refractivity contribution in [2.75, 3.05) is 26.2 Å². The Hall–Kier alpha value is -4.60. The number of ether oxygens (including phenoxy) is 3. The Morgan fingerprint density at radius 3 is 2.27 bits per heavy atom. The zero-order chi connectivity index (χ0) is 28.9. The Bertz CT molecular complexity index is 1480. The van der Waals surface area contributed by atoms with E-state index >= 15 is 0 Å². The van der Waals surface area contributed by atoms with Gasteiger partial charge in [0, 0.05) is 11.6 Å². The van der Waals surface area contributed by atoms with Crippen LogP contribution in [0.15, 0.2) is 66.7 Å². The molecule has 4 aromatic rings. The summed E-state index contributed by atoms with van der Waals surface area (Å²) in [6, 6.07) is 18.6. The highest BCUT2D eigenvalue weighted by molar-refractivity contribution is 6.02. The minimum atomic E-state index is -1.04. The lowest BCUT2D eigenvalue weighted by atomic mass is 9.98. The molecule has 1 heterocycles. The van der Waals surface area contributed by atoms with Crippen LogP contribution in [-0.4, -0.2) is 53.7 Å². The van der Waals surface area contributed by atoms with E-state index in [1.807, 2.05) is 45.0 Å². The molecule has 0 aliphatic carbocycles. The van der Waals surface area contributed by atoms with Crippen LogP contribution < -0.4 is 24.4 Å². The summed E-state index contributed by atoms with van der Waals surface area (Å²) in [5.74, 6) is 0.826. The maximum absolute atomic E-state index is 14.3. The summed E-state index contributed by atoms with van der Waals surface area (Å²) in [5.41, 5.74) is 1.86. The van der Waals surface area contributed by atoms with Gasteiger partial charge in [0.15, 0.2) is 0 Å². The molecule has 0 unspecified atom stereocenters. The average Bonchev–Trinajstić information content (AvgIpc) is 3.37. The second-order valence-electron chi connectivity index (χ2n) is 9.94. The molecule has 2 amide bonds. The minimum Gasteiger partial charge on any atom is -0.497 e. The monoisotopic (exact) mass is 545 g/mol. The quantitative estimate of drug-likeness (QED) is 0.295. The van der Waals surface area contributed by atoms with Gasteiger partial charge in [-0.3, -0.25) is 14.5 Å². The number of nitrogens with one attached hydrogen (secondary N) is 1. The first-order valence-electron chi connectivity index (χ1n) is 13.0. The molecule has 0 radical (unpaired) electrons. The predicted octanol–water partition coefficient (Wildman–Crippen LogP) is 4.54. The van der Waals surface area contributed by atoms with Crippen LogP contribution in [0.3, 0.4) is 0 Å². The fourth-order valence-electron chi connectivity index (χ4n) is 4.33. The van der Waals surface area contributed by atoms with Crippen LogP contribution in [0.5, 0.6) is 17.2 Å². The molecule has 0 saturated heterocycles. The third-order valence-corrected chi connectivity index (χ3v) is 6.90. The van der Waals surface area contributed by atoms with Crippen molar-refractivity contribution in [3.8, 4) is 17.2 Å². The number of fused-ring (bicyclic) bond motifs is 1. The number of nitrogens with zero attached hydrogens (tertiary/aromatic N) is 4. The van der Waals surface area contributed by atoms with E-state index in [4.69, 9.17) is 14.2 Å². The van der Waals surface area contributed by atoms with E-state index in [2.05, 4.69) is 15.6 Å². The number of hydrogen-bond acceptors (Lipinski definition) is 7. The van der Waals surface area contributed by atoms with Gasteiger partial charge in [-0.05, 0) is 62.2 Å². The molecule has 0 aliphatic rings. The lowest BCUT2D eigenvalue weighted by molar-refractivity contribution is -0.128. The first kappa shape index (κ1) is 28.4. The van der Waals surface area contributed by atoms with Gasteiger partial charge in [0.1, 0.15) is 35.4 Å². The summed E-state index contributed by atoms with van der Waals surface area (Å²) >= 11 is 0. The Labute approximate surface area is 233 Å². The number of aromatic nitrogens is 3. The zero-order valence-electron chi connectivity index (χ0n) is 23.7. The van der Waals surface area contributed by atoms with Crippen LogP contribution >= 0.6 is 0 Å². The number of amides is 2. The average molecular weight is 546 g/mol. The standard InChI is InChI=1S/C30H35N5O5/c1-7-30(2,3)31-29(37)28(20-12-14-21(38-4)15-13-20)35(25-17-16-22(39-5)18-26(25)40-6)27(36)19-34-24-11-9-8-10-23(24)32-33-34/h8-18,28H,7,19H2,1-6H3,(H,31,37)/t28-/m0/s1. The Morgan fingerprint density at radius 1 is 0.950 bits per heavy atom. The van der Waals surface area contributed by atoms with E-state index in [-0.39, 0.29) is 18.4 Å². The van der Waals surface area contributed by atoms with Crippen molar-refractivity contribution in [3.63, 3.8) is 0 Å². The van der Waals surface area contributed by atoms with Gasteiger partial charge in [-0.25, -0.2) is 4.68 Å². The second kappa shape index (κ2) is 12.1. The molecule has 4 rings (SSSR count). The molecule has 40 heavy (non-hydrogen) atoms. The van der Waals surface area contributed by atoms with Crippen LogP contribution in [0.1, 0.15) is 38.8 Å². The Balaban J connectivity index is 1.89. The van der Waals surface area contributed by atoms with E-state index in [0.29, 0.717) is 46.0 Å². The van der Waals surface area contributed by atoms with Crippen LogP contribution in [-0.2, 0) is 16.1 Å². The molecule has 210 valence electrons. The number of carbonyl (C=O) groups is 2. The number of methoxy groups -OCH3 is 3. The maximum atomic E-state index is 14.3. The van der Waals surface area contributed by atoms with Crippen LogP contribution in [0.4, 0.5) is 5.69 Å². The number of para-hydroxylation sites is 1. The van der Waals surface area contributed by atoms with Gasteiger partial charge >= 0.3 is 0 Å². The molecule has 3 aromatic carbocycles. The highest BCUT2D eigenvalue weighted by atomic mass is 16.5. The summed E-state index contributed by atoms with van der Waals surface area (Å²) in [5, 5.41) is 11.5. The fourth-order valence-corrected chi connectivity index (χ4v) is 4.33. The van der Waals surface area contributed by atoms with Crippen molar-refractivity contribution in [1.29, 1.82) is 0 Å². The molecule has 1 aromatic heterocycles. The summed E-state index contributed by atoms with van der Waals surface area (Å²) < 4.78 is 17.9. The van der Waals surface area contributed by atoms with Crippen LogP contribution in [0.2, 0.25) is 0 Å². The van der Waals surface area contributed by atoms with E-state index < -0.39 is 11.6 Å². The summed E-state index contributed by atoms with van der Waals surface area (Å²) in [6.07, 6.45) is 0.693. The smallest absolute Gasteiger partial charge is 0.249 e. The molecular weight excluding hydrogens is 510 g/mol. The van der Waals surface area contributed by atoms with Crippen molar-refractivity contribution < 1.29 is 23.8 Å². The number of rotatable bonds is 11. The Kier molecular flexibility index (Phi) is 8.57. The van der Waals surface area contributed by atoms with Gasteiger partial charge < -0.3 is 19.5 Å². The van der Waals surface area contributed by atoms with Crippen molar-refractivity contribution in [1.82, 2.24) is 20.3 Å². The third-order valence-electron chi connectivity index (χ3n) is 6.90. The third kappa shape index (κ3) is 6.01. The van der Waals surface area contributed by atoms with Crippen LogP contribution in [0.25, 0.3) is 11.0 Å². The van der Waals surface area contributed by atoms with E-state index in [0.717, 1.165) is 0 Å². The van der Waals surface area contributed by atoms with Crippen LogP contribution in [0, 0.1) is 0 Å². The maximum Gasteiger partial charge on any atom is 0.249 e. The minimum absolute atomic E-state index is 0.160. The van der Waals surface area contributed by atoms with Crippen molar-refractivity contribution in [2.24, 2.45) is 0 Å². The van der Waals surface area contributed by atoms with Crippen molar-refractivity contribution in [2.45, 2.75) is 45.3 Å². The van der Waals surface area contributed by atoms with Gasteiger partial charge in [0.25, 0.3) is 0 Å². The summed E-state index contributed by atoms with van der Waals surface area (Å²) in [4.78, 5) is 29.8. The van der Waals surface area contributed by atoms with Gasteiger partial charge in [-0.1, -0.05) is 36.4 Å². The second-order valence-corrected chi connectivity index (χ2v) is 9.94. The zero-order valence-corrected chi connectivity index (χ0v) is 23.7. The lowest BCUT2D eigenvalue weighted by Crippen LogP contribution is -2.51. The molecule has 1 N–H and O–H groups in total. The fraction of sp³-hybridized carbons (Fsp3) is 0.333. The Morgan fingerprint density at radius 2 is 1.62 bits per heavy atom. The van der Waals surface area contributed by atoms with Crippen molar-refractivity contribution in [3.05, 3.63) is 72.3 Å². The summed E-state index contributed by atoms with van der Waals surface area (Å²) in [7, 11) is 4.63. The van der Waals surface area contributed by atoms with E-state index in [9.17, 15) is 9.59 Å². The number of benzene rings is 3. The van der Waals surface area contributed by atoms with Gasteiger partial charge in [-0.15, -0.1) is 5.10 Å². The first-order valence-corrected chi connectivity index (χ1v) is 13.0. The topological polar surface area (TPSA) is 108 Å². The number of carbonyl (C=O) groups excluding carboxylic acids is 2. The summed E-state index contributed by atoms with van der Waals surface area (Å²) in [6.45, 7) is 5.72. The van der Waals surface area contributed by atoms with E-state index in [1.165, 1.54) is 16.7 Å². The van der Waals surface area contributed by atoms with Crippen molar-refractivity contribution >= 4 is 28.5 Å². The van der Waals surface area contributed by atoms with Gasteiger partial charge in [-0.2, -0.15) is 0 Å². The molecule has 0 bridgehead atoms. The highest BCUT2D eigenvalue weighted by Crippen LogP contribution is 2.38. The number of anilines is 1. The molecular formula is C30H35N5O5. The van der Waals surface area contributed by atoms with E-state index in [1.54, 1.807) is 56.7 Å². The SMILES string of the molecule is CCC(C)(C)NC(=O)[C@H](c1ccc(OC)cc1)N(C(=O)Cn1nnc2ccccc21)c1ccc(OC)cc1OC. The molecule has 0 spiro atoms. The predicted molar refractivity (Wildman–Crippen MR) is 153 cm³/mol. The first-order chi connectivity index (χ1) is 19.2. The van der Waals surface area contributed by atoms with Gasteiger partial charge in [0.05, 0.1) is 32.5 Å².